The maximum Gasteiger partial charge on any atom is 0.328 e. The van der Waals surface area contributed by atoms with E-state index in [9.17, 15) is 9.59 Å². The van der Waals surface area contributed by atoms with E-state index in [2.05, 4.69) is 5.32 Å². The summed E-state index contributed by atoms with van der Waals surface area (Å²) < 4.78 is 0. The van der Waals surface area contributed by atoms with Gasteiger partial charge in [0.2, 0.25) is 5.91 Å². The lowest BCUT2D eigenvalue weighted by Crippen LogP contribution is -2.54. The molecule has 0 aromatic heterocycles. The molecule has 0 rings (SSSR count). The number of carbonyl (C=O) groups is 2. The molecule has 0 bridgehead atoms. The molecule has 0 aliphatic heterocycles. The third-order valence-corrected chi connectivity index (χ3v) is 2.01. The second-order valence-corrected chi connectivity index (χ2v) is 4.43. The van der Waals surface area contributed by atoms with E-state index in [4.69, 9.17) is 15.9 Å². The zero-order chi connectivity index (χ0) is 12.2. The van der Waals surface area contributed by atoms with Gasteiger partial charge in [-0.1, -0.05) is 20.8 Å². The number of nitrogens with one attached hydrogen (secondary N) is 1. The Balaban J connectivity index is 4.42. The normalized spacial score (nSPS) is 15.5. The Morgan fingerprint density at radius 3 is 2.13 bits per heavy atom. The molecule has 0 saturated carbocycles. The number of aliphatic hydroxyl groups is 1. The largest absolute Gasteiger partial charge is 0.480 e. The summed E-state index contributed by atoms with van der Waals surface area (Å²) in [6.45, 7) is 4.65. The lowest BCUT2D eigenvalue weighted by atomic mass is 9.87. The van der Waals surface area contributed by atoms with Crippen molar-refractivity contribution in [2.75, 3.05) is 6.61 Å². The average Bonchev–Trinajstić information content (AvgIpc) is 2.10. The summed E-state index contributed by atoms with van der Waals surface area (Å²) in [5.74, 6) is -1.86. The van der Waals surface area contributed by atoms with E-state index in [-0.39, 0.29) is 0 Å². The second kappa shape index (κ2) is 5.09. The van der Waals surface area contributed by atoms with Crippen LogP contribution in [0.1, 0.15) is 20.8 Å². The molecule has 5 N–H and O–H groups in total. The van der Waals surface area contributed by atoms with Crippen LogP contribution in [-0.2, 0) is 9.59 Å². The minimum absolute atomic E-state index is 0.456. The van der Waals surface area contributed by atoms with Crippen molar-refractivity contribution in [3.63, 3.8) is 0 Å². The molecule has 0 aliphatic carbocycles. The predicted octanol–water partition coefficient (Wildman–Crippen LogP) is -1.08. The van der Waals surface area contributed by atoms with Crippen LogP contribution in [-0.4, -0.2) is 40.8 Å². The van der Waals surface area contributed by atoms with Crippen molar-refractivity contribution in [2.24, 2.45) is 11.1 Å². The molecule has 0 aromatic carbocycles. The monoisotopic (exact) mass is 218 g/mol. The van der Waals surface area contributed by atoms with Crippen LogP contribution in [0.3, 0.4) is 0 Å². The van der Waals surface area contributed by atoms with Gasteiger partial charge in [0.1, 0.15) is 6.04 Å². The fourth-order valence-corrected chi connectivity index (χ4v) is 0.840. The van der Waals surface area contributed by atoms with Gasteiger partial charge in [-0.3, -0.25) is 4.79 Å². The van der Waals surface area contributed by atoms with Gasteiger partial charge in [0.05, 0.1) is 12.6 Å². The third kappa shape index (κ3) is 4.26. The van der Waals surface area contributed by atoms with Gasteiger partial charge in [-0.25, -0.2) is 4.79 Å². The van der Waals surface area contributed by atoms with Crippen LogP contribution in [0.15, 0.2) is 0 Å². The van der Waals surface area contributed by atoms with Crippen molar-refractivity contribution < 1.29 is 19.8 Å². The van der Waals surface area contributed by atoms with E-state index >= 15 is 0 Å². The van der Waals surface area contributed by atoms with E-state index in [1.54, 1.807) is 20.8 Å². The molecule has 15 heavy (non-hydrogen) atoms. The first-order chi connectivity index (χ1) is 6.70. The zero-order valence-electron chi connectivity index (χ0n) is 9.15. The van der Waals surface area contributed by atoms with Crippen molar-refractivity contribution >= 4 is 11.9 Å². The summed E-state index contributed by atoms with van der Waals surface area (Å²) in [5, 5.41) is 19.4. The number of aliphatic hydroxyl groups excluding tert-OH is 1. The molecule has 6 nitrogen and oxygen atoms in total. The van der Waals surface area contributed by atoms with Gasteiger partial charge in [0.25, 0.3) is 0 Å². The van der Waals surface area contributed by atoms with Crippen LogP contribution in [0, 0.1) is 5.41 Å². The zero-order valence-corrected chi connectivity index (χ0v) is 9.15. The van der Waals surface area contributed by atoms with Gasteiger partial charge >= 0.3 is 5.97 Å². The first-order valence-electron chi connectivity index (χ1n) is 4.59. The van der Waals surface area contributed by atoms with Gasteiger partial charge in [-0.05, 0) is 5.41 Å². The molecular formula is C9H18N2O4. The van der Waals surface area contributed by atoms with E-state index in [1.807, 2.05) is 0 Å². The van der Waals surface area contributed by atoms with Gasteiger partial charge in [-0.2, -0.15) is 0 Å². The van der Waals surface area contributed by atoms with Crippen molar-refractivity contribution in [3.8, 4) is 0 Å². The lowest BCUT2D eigenvalue weighted by Gasteiger charge is -2.26. The highest BCUT2D eigenvalue weighted by atomic mass is 16.4. The summed E-state index contributed by atoms with van der Waals surface area (Å²) >= 11 is 0. The van der Waals surface area contributed by atoms with Crippen LogP contribution in [0.25, 0.3) is 0 Å². The van der Waals surface area contributed by atoms with Crippen LogP contribution >= 0.6 is 0 Å². The summed E-state index contributed by atoms with van der Waals surface area (Å²) in [7, 11) is 0. The van der Waals surface area contributed by atoms with Crippen LogP contribution in [0.4, 0.5) is 0 Å². The number of hydrogen-bond donors (Lipinski definition) is 4. The topological polar surface area (TPSA) is 113 Å². The Bertz CT molecular complexity index is 247. The maximum absolute atomic E-state index is 11.5. The van der Waals surface area contributed by atoms with Gasteiger partial charge < -0.3 is 21.3 Å². The standard InChI is InChI=1S/C9H18N2O4/c1-9(2,3)6(10)7(13)11-5(4-12)8(14)15/h5-6,12H,4,10H2,1-3H3,(H,11,13)(H,14,15)/t5-,6?/m0/s1. The molecule has 0 aromatic rings. The Labute approximate surface area is 88.5 Å². The molecular weight excluding hydrogens is 200 g/mol. The number of carboxylic acids is 1. The number of carbonyl (C=O) groups excluding carboxylic acids is 1. The van der Waals surface area contributed by atoms with Gasteiger partial charge in [0, 0.05) is 0 Å². The Hall–Kier alpha value is -1.14. The molecule has 0 spiro atoms. The van der Waals surface area contributed by atoms with Gasteiger partial charge in [0.15, 0.2) is 0 Å². The summed E-state index contributed by atoms with van der Waals surface area (Å²) in [5.41, 5.74) is 5.16. The van der Waals surface area contributed by atoms with E-state index < -0.39 is 36.0 Å². The predicted molar refractivity (Wildman–Crippen MR) is 54.1 cm³/mol. The summed E-state index contributed by atoms with van der Waals surface area (Å²) in [4.78, 5) is 22.0. The minimum Gasteiger partial charge on any atom is -0.480 e. The van der Waals surface area contributed by atoms with Crippen molar-refractivity contribution in [1.82, 2.24) is 5.32 Å². The molecule has 0 saturated heterocycles. The van der Waals surface area contributed by atoms with Crippen LogP contribution < -0.4 is 11.1 Å². The number of amides is 1. The molecule has 0 radical (unpaired) electrons. The maximum atomic E-state index is 11.5. The number of aliphatic carboxylic acids is 1. The van der Waals surface area contributed by atoms with Crippen molar-refractivity contribution in [2.45, 2.75) is 32.9 Å². The minimum atomic E-state index is -1.30. The lowest BCUT2D eigenvalue weighted by molar-refractivity contribution is -0.143. The van der Waals surface area contributed by atoms with Crippen molar-refractivity contribution in [3.05, 3.63) is 0 Å². The second-order valence-electron chi connectivity index (χ2n) is 4.43. The number of hydrogen-bond acceptors (Lipinski definition) is 4. The number of rotatable bonds is 4. The molecule has 6 heteroatoms. The Morgan fingerprint density at radius 2 is 1.87 bits per heavy atom. The fourth-order valence-electron chi connectivity index (χ4n) is 0.840. The third-order valence-electron chi connectivity index (χ3n) is 2.01. The molecule has 0 aliphatic rings. The van der Waals surface area contributed by atoms with Gasteiger partial charge in [-0.15, -0.1) is 0 Å². The molecule has 2 atom stereocenters. The summed E-state index contributed by atoms with van der Waals surface area (Å²) in [6, 6.07) is -2.11. The highest BCUT2D eigenvalue weighted by molar-refractivity contribution is 5.87. The Morgan fingerprint density at radius 1 is 1.40 bits per heavy atom. The molecule has 1 unspecified atom stereocenters. The molecule has 0 heterocycles. The molecule has 0 fully saturated rings. The van der Waals surface area contributed by atoms with E-state index in [1.165, 1.54) is 0 Å². The first kappa shape index (κ1) is 13.9. The highest BCUT2D eigenvalue weighted by Crippen LogP contribution is 2.17. The van der Waals surface area contributed by atoms with Crippen LogP contribution in [0.2, 0.25) is 0 Å². The molecule has 1 amide bonds. The van der Waals surface area contributed by atoms with Crippen molar-refractivity contribution in [1.29, 1.82) is 0 Å². The number of carboxylic acid groups (broad SMARTS) is 1. The SMILES string of the molecule is CC(C)(C)C(N)C(=O)N[C@@H](CO)C(=O)O. The van der Waals surface area contributed by atoms with Crippen LogP contribution in [0.5, 0.6) is 0 Å². The molecule has 88 valence electrons. The fraction of sp³-hybridized carbons (Fsp3) is 0.778. The van der Waals surface area contributed by atoms with E-state index in [0.717, 1.165) is 0 Å². The first-order valence-corrected chi connectivity index (χ1v) is 4.59. The highest BCUT2D eigenvalue weighted by Gasteiger charge is 2.30. The van der Waals surface area contributed by atoms with E-state index in [0.29, 0.717) is 0 Å². The Kier molecular flexibility index (Phi) is 4.70. The summed E-state index contributed by atoms with van der Waals surface area (Å²) in [6.07, 6.45) is 0. The smallest absolute Gasteiger partial charge is 0.328 e. The quantitative estimate of drug-likeness (QED) is 0.479. The average molecular weight is 218 g/mol. The number of nitrogens with two attached hydrogens (primary N) is 1.